The summed E-state index contributed by atoms with van der Waals surface area (Å²) in [4.78, 5) is 31.6. The van der Waals surface area contributed by atoms with Gasteiger partial charge in [-0.3, -0.25) is 14.6 Å². The van der Waals surface area contributed by atoms with Gasteiger partial charge in [-0.1, -0.05) is 19.1 Å². The van der Waals surface area contributed by atoms with Gasteiger partial charge in [0.1, 0.15) is 17.8 Å². The van der Waals surface area contributed by atoms with Crippen LogP contribution in [0.4, 0.5) is 0 Å². The first-order valence-electron chi connectivity index (χ1n) is 8.43. The predicted octanol–water partition coefficient (Wildman–Crippen LogP) is 0.306. The molecule has 140 valence electrons. The van der Waals surface area contributed by atoms with Crippen LogP contribution in [-0.4, -0.2) is 67.5 Å². The highest BCUT2D eigenvalue weighted by molar-refractivity contribution is 7.13. The summed E-state index contributed by atoms with van der Waals surface area (Å²) in [6, 6.07) is -1.28. The second-order valence-corrected chi connectivity index (χ2v) is 7.53. The number of nitrogens with one attached hydrogen (secondary N) is 1. The van der Waals surface area contributed by atoms with Crippen molar-refractivity contribution in [2.75, 3.05) is 13.6 Å². The lowest BCUT2D eigenvalue weighted by atomic mass is 10.0. The van der Waals surface area contributed by atoms with Crippen LogP contribution in [-0.2, 0) is 9.59 Å². The lowest BCUT2D eigenvalue weighted by Gasteiger charge is -2.29. The van der Waals surface area contributed by atoms with Gasteiger partial charge in [-0.2, -0.15) is 0 Å². The molecule has 0 aromatic carbocycles. The molecule has 2 aromatic heterocycles. The van der Waals surface area contributed by atoms with Crippen molar-refractivity contribution in [3.05, 3.63) is 17.9 Å². The summed E-state index contributed by atoms with van der Waals surface area (Å²) >= 11 is 1.44. The van der Waals surface area contributed by atoms with E-state index in [0.717, 1.165) is 4.88 Å². The third-order valence-electron chi connectivity index (χ3n) is 4.48. The van der Waals surface area contributed by atoms with E-state index >= 15 is 0 Å². The fourth-order valence-electron chi connectivity index (χ4n) is 3.21. The van der Waals surface area contributed by atoms with Gasteiger partial charge in [-0.15, -0.1) is 16.4 Å². The van der Waals surface area contributed by atoms with Crippen molar-refractivity contribution in [2.24, 2.45) is 5.92 Å². The van der Waals surface area contributed by atoms with Crippen molar-refractivity contribution < 1.29 is 14.7 Å². The van der Waals surface area contributed by atoms with Crippen molar-refractivity contribution in [3.63, 3.8) is 0 Å². The zero-order chi connectivity index (χ0) is 18.8. The Morgan fingerprint density at radius 3 is 2.81 bits per heavy atom. The molecule has 1 saturated heterocycles. The molecule has 1 fully saturated rings. The average Bonchev–Trinajstić information content (AvgIpc) is 3.33. The zero-order valence-corrected chi connectivity index (χ0v) is 15.7. The molecule has 2 N–H and O–H groups in total. The molecule has 3 atom stereocenters. The molecule has 0 spiro atoms. The molecule has 2 unspecified atom stereocenters. The molecule has 3 heterocycles. The van der Waals surface area contributed by atoms with E-state index in [2.05, 4.69) is 20.6 Å². The van der Waals surface area contributed by atoms with Crippen molar-refractivity contribution >= 4 is 23.2 Å². The lowest BCUT2D eigenvalue weighted by Crippen LogP contribution is -2.48. The highest BCUT2D eigenvalue weighted by Gasteiger charge is 2.42. The summed E-state index contributed by atoms with van der Waals surface area (Å²) in [7, 11) is 1.52. The third kappa shape index (κ3) is 3.47. The molecule has 2 aromatic rings. The van der Waals surface area contributed by atoms with E-state index in [9.17, 15) is 14.7 Å². The summed E-state index contributed by atoms with van der Waals surface area (Å²) in [5.74, 6) is -0.589. The third-order valence-corrected chi connectivity index (χ3v) is 5.27. The largest absolute Gasteiger partial charge is 0.391 e. The average molecular weight is 378 g/mol. The van der Waals surface area contributed by atoms with Gasteiger partial charge in [-0.25, -0.2) is 4.68 Å². The summed E-state index contributed by atoms with van der Waals surface area (Å²) < 4.78 is 1.54. The number of β-amino-alcohol motifs (C(OH)–C–C–N with tert-alkyl or cyclic N) is 1. The Hall–Kier alpha value is -2.33. The molecule has 0 saturated carbocycles. The maximum atomic E-state index is 13.2. The summed E-state index contributed by atoms with van der Waals surface area (Å²) in [6.45, 7) is 3.96. The molecule has 26 heavy (non-hydrogen) atoms. The minimum atomic E-state index is -0.711. The first-order valence-corrected chi connectivity index (χ1v) is 9.31. The Morgan fingerprint density at radius 1 is 1.42 bits per heavy atom. The Morgan fingerprint density at radius 2 is 2.19 bits per heavy atom. The maximum Gasteiger partial charge on any atom is 0.248 e. The smallest absolute Gasteiger partial charge is 0.248 e. The first-order chi connectivity index (χ1) is 12.4. The molecular weight excluding hydrogens is 356 g/mol. The molecule has 1 aliphatic rings. The van der Waals surface area contributed by atoms with Gasteiger partial charge in [0.15, 0.2) is 0 Å². The molecule has 1 aliphatic heterocycles. The van der Waals surface area contributed by atoms with Crippen LogP contribution in [0, 0.1) is 5.92 Å². The SMILES string of the molecule is CNC(=O)C1CC(O)CN1C(=O)[C@@H](C(C)C)n1cc(-c2cncs2)nn1. The van der Waals surface area contributed by atoms with Crippen LogP contribution in [0.15, 0.2) is 17.9 Å². The van der Waals surface area contributed by atoms with E-state index in [1.807, 2.05) is 13.8 Å². The number of likely N-dealkylation sites (N-methyl/N-ethyl adjacent to an activating group) is 1. The number of aliphatic hydroxyl groups excluding tert-OH is 1. The zero-order valence-electron chi connectivity index (χ0n) is 14.9. The fourth-order valence-corrected chi connectivity index (χ4v) is 3.79. The Bertz CT molecular complexity index is 775. The molecule has 0 aliphatic carbocycles. The molecule has 3 rings (SSSR count). The van der Waals surface area contributed by atoms with Crippen molar-refractivity contribution in [1.82, 2.24) is 30.2 Å². The van der Waals surface area contributed by atoms with Crippen LogP contribution in [0.25, 0.3) is 10.6 Å². The van der Waals surface area contributed by atoms with Crippen LogP contribution in [0.5, 0.6) is 0 Å². The monoisotopic (exact) mass is 378 g/mol. The van der Waals surface area contributed by atoms with Crippen molar-refractivity contribution in [2.45, 2.75) is 38.5 Å². The lowest BCUT2D eigenvalue weighted by molar-refractivity contribution is -0.142. The number of aliphatic hydroxyl groups is 1. The number of amides is 2. The van der Waals surface area contributed by atoms with Gasteiger partial charge in [0.2, 0.25) is 11.8 Å². The summed E-state index contributed by atoms with van der Waals surface area (Å²) in [6.07, 6.45) is 2.94. The second kappa shape index (κ2) is 7.50. The number of carbonyl (C=O) groups excluding carboxylic acids is 2. The van der Waals surface area contributed by atoms with E-state index in [-0.39, 0.29) is 30.7 Å². The van der Waals surface area contributed by atoms with E-state index < -0.39 is 18.2 Å². The van der Waals surface area contributed by atoms with E-state index in [0.29, 0.717) is 5.69 Å². The maximum absolute atomic E-state index is 13.2. The minimum absolute atomic E-state index is 0.0680. The second-order valence-electron chi connectivity index (χ2n) is 6.65. The first kappa shape index (κ1) is 18.5. The van der Waals surface area contributed by atoms with Gasteiger partial charge >= 0.3 is 0 Å². The van der Waals surface area contributed by atoms with Crippen molar-refractivity contribution in [1.29, 1.82) is 0 Å². The van der Waals surface area contributed by atoms with Crippen LogP contribution in [0.3, 0.4) is 0 Å². The minimum Gasteiger partial charge on any atom is -0.391 e. The van der Waals surface area contributed by atoms with E-state index in [1.165, 1.54) is 28.0 Å². The standard InChI is InChI=1S/C16H22N6O3S/c1-9(2)14(22-7-11(19-20-22)13-5-18-8-26-13)16(25)21-6-10(23)4-12(21)15(24)17-3/h5,7-10,12,14,23H,4,6H2,1-3H3,(H,17,24)/t10?,12?,14-/m1/s1. The van der Waals surface area contributed by atoms with Gasteiger partial charge < -0.3 is 15.3 Å². The Balaban J connectivity index is 1.88. The van der Waals surface area contributed by atoms with Crippen LogP contribution < -0.4 is 5.32 Å². The van der Waals surface area contributed by atoms with Crippen LogP contribution in [0.1, 0.15) is 26.3 Å². The number of carbonyl (C=O) groups is 2. The molecule has 0 radical (unpaired) electrons. The number of hydrogen-bond donors (Lipinski definition) is 2. The van der Waals surface area contributed by atoms with Crippen LogP contribution >= 0.6 is 11.3 Å². The number of hydrogen-bond acceptors (Lipinski definition) is 7. The number of nitrogens with zero attached hydrogens (tertiary/aromatic N) is 5. The molecule has 2 amide bonds. The van der Waals surface area contributed by atoms with Gasteiger partial charge in [0, 0.05) is 26.2 Å². The normalized spacial score (nSPS) is 21.2. The summed E-state index contributed by atoms with van der Waals surface area (Å²) in [5, 5.41) is 20.8. The molecule has 9 nitrogen and oxygen atoms in total. The number of aromatic nitrogens is 4. The Labute approximate surface area is 155 Å². The van der Waals surface area contributed by atoms with Gasteiger partial charge in [0.05, 0.1) is 22.7 Å². The van der Waals surface area contributed by atoms with Crippen LogP contribution in [0.2, 0.25) is 0 Å². The fraction of sp³-hybridized carbons (Fsp3) is 0.562. The molecule has 10 heteroatoms. The van der Waals surface area contributed by atoms with Gasteiger partial charge in [0.25, 0.3) is 0 Å². The predicted molar refractivity (Wildman–Crippen MR) is 95.2 cm³/mol. The molecule has 0 bridgehead atoms. The summed E-state index contributed by atoms with van der Waals surface area (Å²) in [5.41, 5.74) is 2.36. The molecular formula is C16H22N6O3S. The topological polar surface area (TPSA) is 113 Å². The number of thiazole rings is 1. The number of rotatable bonds is 5. The van der Waals surface area contributed by atoms with Gasteiger partial charge in [-0.05, 0) is 5.92 Å². The highest BCUT2D eigenvalue weighted by Crippen LogP contribution is 2.28. The highest BCUT2D eigenvalue weighted by atomic mass is 32.1. The number of likely N-dealkylation sites (tertiary alicyclic amines) is 1. The quantitative estimate of drug-likeness (QED) is 0.774. The van der Waals surface area contributed by atoms with E-state index in [1.54, 1.807) is 17.9 Å². The Kier molecular flexibility index (Phi) is 5.33. The van der Waals surface area contributed by atoms with E-state index in [4.69, 9.17) is 0 Å². The van der Waals surface area contributed by atoms with Crippen molar-refractivity contribution in [3.8, 4) is 10.6 Å².